The zero-order valence-electron chi connectivity index (χ0n) is 20.0. The van der Waals surface area contributed by atoms with Crippen molar-refractivity contribution in [1.29, 1.82) is 0 Å². The number of benzene rings is 2. The quantitative estimate of drug-likeness (QED) is 0.376. The maximum atomic E-state index is 13.0. The Morgan fingerprint density at radius 3 is 2.65 bits per heavy atom. The molecule has 0 unspecified atom stereocenters. The highest BCUT2D eigenvalue weighted by Gasteiger charge is 2.29. The highest BCUT2D eigenvalue weighted by Crippen LogP contribution is 2.29. The molecule has 0 aliphatic heterocycles. The third-order valence-electron chi connectivity index (χ3n) is 6.08. The van der Waals surface area contributed by atoms with E-state index < -0.39 is 0 Å². The monoisotopic (exact) mass is 460 g/mol. The van der Waals surface area contributed by atoms with Gasteiger partial charge < -0.3 is 10.1 Å². The SMILES string of the molecule is Cc1ccc2cc(CN(CCCO)[C@@H](c3nnnn3Cc3ccccc3)C(C)C)c(=O)[nH]c2c1. The van der Waals surface area contributed by atoms with Crippen LogP contribution in [-0.2, 0) is 13.1 Å². The highest BCUT2D eigenvalue weighted by atomic mass is 16.3. The lowest BCUT2D eigenvalue weighted by Gasteiger charge is -2.33. The molecule has 4 aromatic rings. The van der Waals surface area contributed by atoms with Gasteiger partial charge in [0, 0.05) is 30.8 Å². The number of aliphatic hydroxyl groups is 1. The average Bonchev–Trinajstić information content (AvgIpc) is 3.25. The molecule has 0 radical (unpaired) electrons. The first-order valence-electron chi connectivity index (χ1n) is 11.7. The number of aryl methyl sites for hydroxylation is 1. The summed E-state index contributed by atoms with van der Waals surface area (Å²) >= 11 is 0. The third-order valence-corrected chi connectivity index (χ3v) is 6.08. The van der Waals surface area contributed by atoms with Gasteiger partial charge in [0.2, 0.25) is 0 Å². The zero-order valence-corrected chi connectivity index (χ0v) is 20.0. The van der Waals surface area contributed by atoms with E-state index >= 15 is 0 Å². The van der Waals surface area contributed by atoms with Crippen LogP contribution in [0.25, 0.3) is 10.9 Å². The Morgan fingerprint density at radius 2 is 1.91 bits per heavy atom. The minimum Gasteiger partial charge on any atom is -0.396 e. The number of pyridine rings is 1. The van der Waals surface area contributed by atoms with E-state index in [0.717, 1.165) is 27.9 Å². The Hall–Kier alpha value is -3.36. The van der Waals surface area contributed by atoms with Gasteiger partial charge in [0.1, 0.15) is 0 Å². The number of aromatic amines is 1. The lowest BCUT2D eigenvalue weighted by atomic mass is 10.00. The molecule has 4 rings (SSSR count). The summed E-state index contributed by atoms with van der Waals surface area (Å²) in [7, 11) is 0. The molecule has 0 saturated carbocycles. The van der Waals surface area contributed by atoms with E-state index in [9.17, 15) is 9.90 Å². The molecule has 2 aromatic heterocycles. The third kappa shape index (κ3) is 5.40. The van der Waals surface area contributed by atoms with Crippen molar-refractivity contribution in [2.75, 3.05) is 13.2 Å². The second kappa shape index (κ2) is 10.7. The summed E-state index contributed by atoms with van der Waals surface area (Å²) in [6.45, 7) is 7.95. The van der Waals surface area contributed by atoms with Gasteiger partial charge in [0.25, 0.3) is 5.56 Å². The van der Waals surface area contributed by atoms with Crippen molar-refractivity contribution in [3.8, 4) is 0 Å². The molecule has 0 aliphatic carbocycles. The van der Waals surface area contributed by atoms with E-state index in [-0.39, 0.29) is 24.1 Å². The van der Waals surface area contributed by atoms with E-state index in [1.54, 1.807) is 0 Å². The Kier molecular flexibility index (Phi) is 7.49. The molecule has 8 heteroatoms. The van der Waals surface area contributed by atoms with E-state index in [0.29, 0.717) is 31.6 Å². The zero-order chi connectivity index (χ0) is 24.1. The fourth-order valence-corrected chi connectivity index (χ4v) is 4.46. The number of rotatable bonds is 10. The van der Waals surface area contributed by atoms with Crippen molar-refractivity contribution in [2.45, 2.75) is 46.3 Å². The molecule has 34 heavy (non-hydrogen) atoms. The van der Waals surface area contributed by atoms with Crippen molar-refractivity contribution >= 4 is 10.9 Å². The van der Waals surface area contributed by atoms with E-state index in [1.165, 1.54) is 0 Å². The van der Waals surface area contributed by atoms with Crippen LogP contribution < -0.4 is 5.56 Å². The van der Waals surface area contributed by atoms with Crippen molar-refractivity contribution in [2.24, 2.45) is 5.92 Å². The standard InChI is InChI=1S/C26H32N6O2/c1-18(2)24(25-28-29-30-32(25)16-20-8-5-4-6-9-20)31(12-7-13-33)17-22-15-21-11-10-19(3)14-23(21)27-26(22)34/h4-6,8-11,14-15,18,24,33H,7,12-13,16-17H2,1-3H3,(H,27,34)/t24-/m1/s1. The van der Waals surface area contributed by atoms with Crippen LogP contribution in [0.2, 0.25) is 0 Å². The maximum Gasteiger partial charge on any atom is 0.252 e. The minimum absolute atomic E-state index is 0.0730. The van der Waals surface area contributed by atoms with Crippen LogP contribution in [0.1, 0.15) is 48.8 Å². The summed E-state index contributed by atoms with van der Waals surface area (Å²) in [5.74, 6) is 0.936. The van der Waals surface area contributed by atoms with Crippen LogP contribution in [0.15, 0.2) is 59.4 Å². The van der Waals surface area contributed by atoms with Crippen molar-refractivity contribution in [1.82, 2.24) is 30.1 Å². The summed E-state index contributed by atoms with van der Waals surface area (Å²) in [6, 6.07) is 18.0. The number of hydrogen-bond donors (Lipinski definition) is 2. The maximum absolute atomic E-state index is 13.0. The molecular weight excluding hydrogens is 428 g/mol. The molecule has 0 spiro atoms. The number of nitrogens with zero attached hydrogens (tertiary/aromatic N) is 5. The predicted molar refractivity (Wildman–Crippen MR) is 132 cm³/mol. The van der Waals surface area contributed by atoms with Crippen LogP contribution in [0.3, 0.4) is 0 Å². The van der Waals surface area contributed by atoms with Crippen molar-refractivity contribution < 1.29 is 5.11 Å². The van der Waals surface area contributed by atoms with Crippen LogP contribution in [0, 0.1) is 12.8 Å². The molecule has 1 atom stereocenters. The number of nitrogens with one attached hydrogen (secondary N) is 1. The number of aliphatic hydroxyl groups excluding tert-OH is 1. The Morgan fingerprint density at radius 1 is 1.12 bits per heavy atom. The predicted octanol–water partition coefficient (Wildman–Crippen LogP) is 3.45. The van der Waals surface area contributed by atoms with Gasteiger partial charge in [-0.1, -0.05) is 56.3 Å². The number of fused-ring (bicyclic) bond motifs is 1. The number of aromatic nitrogens is 5. The number of H-pyrrole nitrogens is 1. The van der Waals surface area contributed by atoms with Crippen LogP contribution in [0.5, 0.6) is 0 Å². The molecular formula is C26H32N6O2. The Balaban J connectivity index is 1.69. The molecule has 0 fully saturated rings. The smallest absolute Gasteiger partial charge is 0.252 e. The van der Waals surface area contributed by atoms with Crippen LogP contribution >= 0.6 is 0 Å². The summed E-state index contributed by atoms with van der Waals surface area (Å²) in [5.41, 5.74) is 3.63. The number of hydrogen-bond acceptors (Lipinski definition) is 6. The van der Waals surface area contributed by atoms with Gasteiger partial charge in [-0.05, 0) is 58.3 Å². The van der Waals surface area contributed by atoms with Gasteiger partial charge in [-0.25, -0.2) is 4.68 Å². The van der Waals surface area contributed by atoms with Crippen LogP contribution in [-0.4, -0.2) is 48.3 Å². The van der Waals surface area contributed by atoms with E-state index in [2.05, 4.69) is 51.4 Å². The van der Waals surface area contributed by atoms with Gasteiger partial charge in [0.05, 0.1) is 12.6 Å². The van der Waals surface area contributed by atoms with Crippen LogP contribution in [0.4, 0.5) is 0 Å². The first kappa shape index (κ1) is 23.8. The van der Waals surface area contributed by atoms with Crippen molar-refractivity contribution in [3.05, 3.63) is 87.5 Å². The highest BCUT2D eigenvalue weighted by molar-refractivity contribution is 5.79. The molecule has 178 valence electrons. The molecule has 8 nitrogen and oxygen atoms in total. The second-order valence-electron chi connectivity index (χ2n) is 9.13. The molecule has 0 amide bonds. The molecule has 0 saturated heterocycles. The van der Waals surface area contributed by atoms with Gasteiger partial charge in [-0.15, -0.1) is 5.10 Å². The molecule has 0 aliphatic rings. The Bertz CT molecular complexity index is 1280. The van der Waals surface area contributed by atoms with Gasteiger partial charge >= 0.3 is 0 Å². The first-order valence-corrected chi connectivity index (χ1v) is 11.7. The first-order chi connectivity index (χ1) is 16.5. The van der Waals surface area contributed by atoms with Crippen molar-refractivity contribution in [3.63, 3.8) is 0 Å². The van der Waals surface area contributed by atoms with E-state index in [4.69, 9.17) is 0 Å². The largest absolute Gasteiger partial charge is 0.396 e. The minimum atomic E-state index is -0.127. The molecule has 2 aromatic carbocycles. The van der Waals surface area contributed by atoms with E-state index in [1.807, 2.05) is 54.1 Å². The fourth-order valence-electron chi connectivity index (χ4n) is 4.46. The van der Waals surface area contributed by atoms with Gasteiger partial charge in [-0.3, -0.25) is 9.69 Å². The Labute approximate surface area is 199 Å². The number of tetrazole rings is 1. The summed E-state index contributed by atoms with van der Waals surface area (Å²) < 4.78 is 1.83. The fraction of sp³-hybridized carbons (Fsp3) is 0.385. The molecule has 2 N–H and O–H groups in total. The second-order valence-corrected chi connectivity index (χ2v) is 9.13. The molecule has 0 bridgehead atoms. The average molecular weight is 461 g/mol. The summed E-state index contributed by atoms with van der Waals surface area (Å²) in [4.78, 5) is 18.2. The normalized spacial score (nSPS) is 12.6. The van der Waals surface area contributed by atoms with Gasteiger partial charge in [-0.2, -0.15) is 0 Å². The topological polar surface area (TPSA) is 99.9 Å². The summed E-state index contributed by atoms with van der Waals surface area (Å²) in [5, 5.41) is 23.2. The molecule has 2 heterocycles. The summed E-state index contributed by atoms with van der Waals surface area (Å²) in [6.07, 6.45) is 0.591. The lowest BCUT2D eigenvalue weighted by molar-refractivity contribution is 0.122. The van der Waals surface area contributed by atoms with Gasteiger partial charge in [0.15, 0.2) is 5.82 Å². The lowest BCUT2D eigenvalue weighted by Crippen LogP contribution is -2.36.